The highest BCUT2D eigenvalue weighted by Crippen LogP contribution is 2.27. The van der Waals surface area contributed by atoms with Gasteiger partial charge < -0.3 is 9.88 Å². The lowest BCUT2D eigenvalue weighted by atomic mass is 9.90. The lowest BCUT2D eigenvalue weighted by Crippen LogP contribution is -2.41. The zero-order valence-electron chi connectivity index (χ0n) is 15.2. The Bertz CT molecular complexity index is 467. The maximum atomic E-state index is 4.62. The molecule has 1 aliphatic heterocycles. The summed E-state index contributed by atoms with van der Waals surface area (Å²) < 4.78 is 0. The Morgan fingerprint density at radius 2 is 1.91 bits per heavy atom. The van der Waals surface area contributed by atoms with E-state index in [1.165, 1.54) is 63.1 Å². The molecule has 0 unspecified atom stereocenters. The molecule has 4 nitrogen and oxygen atoms in total. The van der Waals surface area contributed by atoms with E-state index in [0.717, 1.165) is 24.8 Å². The number of piperidine rings is 1. The smallest absolute Gasteiger partial charge is 0.106 e. The second-order valence-corrected chi connectivity index (χ2v) is 8.03. The molecule has 23 heavy (non-hydrogen) atoms. The van der Waals surface area contributed by atoms with E-state index in [2.05, 4.69) is 47.0 Å². The van der Waals surface area contributed by atoms with Gasteiger partial charge in [0.2, 0.25) is 0 Å². The van der Waals surface area contributed by atoms with Crippen LogP contribution in [0.15, 0.2) is 6.20 Å². The third-order valence-electron chi connectivity index (χ3n) is 6.16. The highest BCUT2D eigenvalue weighted by molar-refractivity contribution is 5.02. The molecule has 0 aromatic carbocycles. The van der Waals surface area contributed by atoms with Gasteiger partial charge in [0.1, 0.15) is 5.82 Å². The summed E-state index contributed by atoms with van der Waals surface area (Å²) in [5, 5.41) is 0. The fourth-order valence-corrected chi connectivity index (χ4v) is 4.33. The minimum absolute atomic E-state index is 0.697. The maximum Gasteiger partial charge on any atom is 0.106 e. The van der Waals surface area contributed by atoms with Gasteiger partial charge in [-0.3, -0.25) is 4.90 Å². The Balaban J connectivity index is 1.44. The second-order valence-electron chi connectivity index (χ2n) is 8.03. The Labute approximate surface area is 141 Å². The molecule has 1 atom stereocenters. The van der Waals surface area contributed by atoms with Crippen molar-refractivity contribution in [3.8, 4) is 0 Å². The minimum atomic E-state index is 0.697. The van der Waals surface area contributed by atoms with Crippen LogP contribution in [0.25, 0.3) is 0 Å². The number of imidazole rings is 1. The number of rotatable bonds is 6. The van der Waals surface area contributed by atoms with Crippen molar-refractivity contribution in [2.45, 2.75) is 64.5 Å². The van der Waals surface area contributed by atoms with Crippen LogP contribution in [-0.2, 0) is 13.0 Å². The molecule has 130 valence electrons. The van der Waals surface area contributed by atoms with Crippen LogP contribution < -0.4 is 0 Å². The first-order valence-corrected chi connectivity index (χ1v) is 9.53. The van der Waals surface area contributed by atoms with E-state index in [-0.39, 0.29) is 0 Å². The second kappa shape index (κ2) is 7.80. The molecule has 3 rings (SSSR count). The summed E-state index contributed by atoms with van der Waals surface area (Å²) in [4.78, 5) is 13.2. The summed E-state index contributed by atoms with van der Waals surface area (Å²) >= 11 is 0. The Kier molecular flexibility index (Phi) is 5.76. The first-order chi connectivity index (χ1) is 11.1. The third kappa shape index (κ3) is 4.57. The van der Waals surface area contributed by atoms with Gasteiger partial charge in [-0.05, 0) is 58.8 Å². The van der Waals surface area contributed by atoms with Gasteiger partial charge in [0.05, 0.1) is 0 Å². The predicted octanol–water partition coefficient (Wildman–Crippen LogP) is 3.30. The van der Waals surface area contributed by atoms with Crippen molar-refractivity contribution in [2.24, 2.45) is 11.8 Å². The van der Waals surface area contributed by atoms with E-state index in [1.54, 1.807) is 0 Å². The first kappa shape index (κ1) is 17.0. The molecular formula is C19H34N4. The molecule has 4 heteroatoms. The molecule has 0 bridgehead atoms. The Hall–Kier alpha value is -0.870. The Morgan fingerprint density at radius 3 is 2.57 bits per heavy atom. The van der Waals surface area contributed by atoms with Crippen LogP contribution in [0.2, 0.25) is 0 Å². The first-order valence-electron chi connectivity index (χ1n) is 9.53. The van der Waals surface area contributed by atoms with Gasteiger partial charge in [0.25, 0.3) is 0 Å². The van der Waals surface area contributed by atoms with Crippen LogP contribution in [0.1, 0.15) is 57.0 Å². The highest BCUT2D eigenvalue weighted by Gasteiger charge is 2.25. The van der Waals surface area contributed by atoms with Gasteiger partial charge >= 0.3 is 0 Å². The summed E-state index contributed by atoms with van der Waals surface area (Å²) in [7, 11) is 4.40. The molecule has 1 saturated carbocycles. The number of nitrogens with zero attached hydrogens (tertiary/aromatic N) is 3. The predicted molar refractivity (Wildman–Crippen MR) is 95.4 cm³/mol. The van der Waals surface area contributed by atoms with E-state index in [4.69, 9.17) is 0 Å². The van der Waals surface area contributed by atoms with Crippen molar-refractivity contribution in [2.75, 3.05) is 27.2 Å². The number of hydrogen-bond acceptors (Lipinski definition) is 3. The van der Waals surface area contributed by atoms with E-state index in [9.17, 15) is 0 Å². The SMILES string of the molecule is C[C@@H](C1CCN(Cc2cnc(CC3CCCC3)[nH]2)CC1)N(C)C. The van der Waals surface area contributed by atoms with E-state index >= 15 is 0 Å². The van der Waals surface area contributed by atoms with Gasteiger partial charge in [0, 0.05) is 30.9 Å². The minimum Gasteiger partial charge on any atom is -0.345 e. The van der Waals surface area contributed by atoms with Crippen molar-refractivity contribution in [3.63, 3.8) is 0 Å². The molecule has 1 aliphatic carbocycles. The molecule has 0 spiro atoms. The molecule has 1 N–H and O–H groups in total. The summed E-state index contributed by atoms with van der Waals surface area (Å²) in [6.45, 7) is 5.85. The third-order valence-corrected chi connectivity index (χ3v) is 6.16. The van der Waals surface area contributed by atoms with Crippen LogP contribution in [0.4, 0.5) is 0 Å². The van der Waals surface area contributed by atoms with Gasteiger partial charge in [-0.25, -0.2) is 4.98 Å². The van der Waals surface area contributed by atoms with Crippen LogP contribution in [-0.4, -0.2) is 53.0 Å². The van der Waals surface area contributed by atoms with Crippen molar-refractivity contribution >= 4 is 0 Å². The molecule has 1 saturated heterocycles. The summed E-state index contributed by atoms with van der Waals surface area (Å²) in [5.74, 6) is 2.93. The fraction of sp³-hybridized carbons (Fsp3) is 0.842. The number of aromatic nitrogens is 2. The summed E-state index contributed by atoms with van der Waals surface area (Å²) in [6, 6.07) is 0.697. The molecule has 2 aliphatic rings. The zero-order valence-corrected chi connectivity index (χ0v) is 15.2. The number of aromatic amines is 1. The molecule has 2 fully saturated rings. The topological polar surface area (TPSA) is 35.2 Å². The number of likely N-dealkylation sites (tertiary alicyclic amines) is 1. The number of nitrogens with one attached hydrogen (secondary N) is 1. The van der Waals surface area contributed by atoms with Crippen molar-refractivity contribution in [1.82, 2.24) is 19.8 Å². The molecular weight excluding hydrogens is 284 g/mol. The molecule has 0 amide bonds. The monoisotopic (exact) mass is 318 g/mol. The lowest BCUT2D eigenvalue weighted by Gasteiger charge is -2.37. The molecule has 1 aromatic rings. The number of hydrogen-bond donors (Lipinski definition) is 1. The molecule has 1 aromatic heterocycles. The van der Waals surface area contributed by atoms with Crippen molar-refractivity contribution < 1.29 is 0 Å². The van der Waals surface area contributed by atoms with Gasteiger partial charge in [0.15, 0.2) is 0 Å². The van der Waals surface area contributed by atoms with Crippen LogP contribution in [0, 0.1) is 11.8 Å². The average molecular weight is 319 g/mol. The van der Waals surface area contributed by atoms with Crippen LogP contribution in [0.3, 0.4) is 0 Å². The van der Waals surface area contributed by atoms with Gasteiger partial charge in [-0.15, -0.1) is 0 Å². The zero-order chi connectivity index (χ0) is 16.2. The normalized spacial score (nSPS) is 23.0. The summed E-state index contributed by atoms with van der Waals surface area (Å²) in [5.41, 5.74) is 1.30. The van der Waals surface area contributed by atoms with Crippen molar-refractivity contribution in [3.05, 3.63) is 17.7 Å². The average Bonchev–Trinajstić information content (AvgIpc) is 3.20. The molecule has 0 radical (unpaired) electrons. The van der Waals surface area contributed by atoms with E-state index < -0.39 is 0 Å². The highest BCUT2D eigenvalue weighted by atomic mass is 15.2. The van der Waals surface area contributed by atoms with Crippen molar-refractivity contribution in [1.29, 1.82) is 0 Å². The fourth-order valence-electron chi connectivity index (χ4n) is 4.33. The van der Waals surface area contributed by atoms with E-state index in [0.29, 0.717) is 6.04 Å². The van der Waals surface area contributed by atoms with E-state index in [1.807, 2.05) is 0 Å². The number of H-pyrrole nitrogens is 1. The van der Waals surface area contributed by atoms with Gasteiger partial charge in [-0.1, -0.05) is 25.7 Å². The maximum absolute atomic E-state index is 4.62. The van der Waals surface area contributed by atoms with Crippen LogP contribution in [0.5, 0.6) is 0 Å². The molecule has 2 heterocycles. The van der Waals surface area contributed by atoms with Crippen LogP contribution >= 0.6 is 0 Å². The standard InChI is InChI=1S/C19H34N4/c1-15(22(2)3)17-8-10-23(11-9-17)14-18-13-20-19(21-18)12-16-6-4-5-7-16/h13,15-17H,4-12,14H2,1-3H3,(H,20,21)/t15-/m0/s1. The largest absolute Gasteiger partial charge is 0.345 e. The van der Waals surface area contributed by atoms with Gasteiger partial charge in [-0.2, -0.15) is 0 Å². The Morgan fingerprint density at radius 1 is 1.22 bits per heavy atom. The quantitative estimate of drug-likeness (QED) is 0.874. The lowest BCUT2D eigenvalue weighted by molar-refractivity contribution is 0.120. The summed E-state index contributed by atoms with van der Waals surface area (Å²) in [6.07, 6.45) is 11.5.